The Morgan fingerprint density at radius 1 is 1.00 bits per heavy atom. The normalized spacial score (nSPS) is 11.1. The number of hydrogen-bond acceptors (Lipinski definition) is 8. The van der Waals surface area contributed by atoms with Crippen LogP contribution in [0.25, 0.3) is 0 Å². The highest BCUT2D eigenvalue weighted by molar-refractivity contribution is 5.85. The highest BCUT2D eigenvalue weighted by atomic mass is 35.5. The quantitative estimate of drug-likeness (QED) is 0.431. The Labute approximate surface area is 193 Å². The largest absolute Gasteiger partial charge is 0.369 e. The summed E-state index contributed by atoms with van der Waals surface area (Å²) in [4.78, 5) is 19.4. The molecule has 0 fully saturated rings. The molecule has 1 unspecified atom stereocenters. The molecule has 0 spiro atoms. The van der Waals surface area contributed by atoms with Crippen LogP contribution in [0.3, 0.4) is 0 Å². The van der Waals surface area contributed by atoms with Crippen molar-refractivity contribution in [3.8, 4) is 0 Å². The van der Waals surface area contributed by atoms with E-state index in [0.717, 1.165) is 18.7 Å². The summed E-state index contributed by atoms with van der Waals surface area (Å²) in [5.41, 5.74) is 0.935. The van der Waals surface area contributed by atoms with Crippen molar-refractivity contribution in [2.75, 3.05) is 43.1 Å². The van der Waals surface area contributed by atoms with E-state index < -0.39 is 0 Å². The van der Waals surface area contributed by atoms with Gasteiger partial charge < -0.3 is 20.9 Å². The topological polar surface area (TPSA) is 90.9 Å². The van der Waals surface area contributed by atoms with E-state index in [-0.39, 0.29) is 36.7 Å². The molecule has 11 heteroatoms. The van der Waals surface area contributed by atoms with E-state index in [2.05, 4.69) is 40.8 Å². The van der Waals surface area contributed by atoms with Crippen molar-refractivity contribution in [2.45, 2.75) is 13.0 Å². The standard InChI is InChI=1S/C20H25FN8.2ClH/c1-14(15-4-6-16(21)7-5-15)25-20-27-17(24-10-11-29(2)3)12-18(28-20)26-19-13-22-8-9-23-19;;/h4-9,12-14H,10-11H2,1-3H3,(H3,23,24,25,26,27,28);2*1H. The van der Waals surface area contributed by atoms with E-state index in [1.54, 1.807) is 30.7 Å². The van der Waals surface area contributed by atoms with Crippen molar-refractivity contribution >= 4 is 48.2 Å². The predicted octanol–water partition coefficient (Wildman–Crippen LogP) is 4.14. The van der Waals surface area contributed by atoms with Crippen LogP contribution < -0.4 is 16.0 Å². The van der Waals surface area contributed by atoms with Gasteiger partial charge in [0.1, 0.15) is 23.3 Å². The van der Waals surface area contributed by atoms with Gasteiger partial charge in [0.05, 0.1) is 12.2 Å². The smallest absolute Gasteiger partial charge is 0.227 e. The molecular weight excluding hydrogens is 442 g/mol. The van der Waals surface area contributed by atoms with E-state index in [1.165, 1.54) is 12.1 Å². The molecule has 0 radical (unpaired) electrons. The minimum Gasteiger partial charge on any atom is -0.369 e. The van der Waals surface area contributed by atoms with E-state index in [1.807, 2.05) is 27.1 Å². The van der Waals surface area contributed by atoms with Gasteiger partial charge in [0, 0.05) is 31.5 Å². The van der Waals surface area contributed by atoms with Gasteiger partial charge in [-0.2, -0.15) is 9.97 Å². The Hall–Kier alpha value is -2.75. The summed E-state index contributed by atoms with van der Waals surface area (Å²) < 4.78 is 13.2. The molecule has 31 heavy (non-hydrogen) atoms. The van der Waals surface area contributed by atoms with Crippen molar-refractivity contribution in [3.05, 3.63) is 60.3 Å². The highest BCUT2D eigenvalue weighted by Crippen LogP contribution is 2.21. The Balaban J connectivity index is 0.00000240. The number of nitrogens with zero attached hydrogens (tertiary/aromatic N) is 5. The number of aromatic nitrogens is 4. The van der Waals surface area contributed by atoms with Gasteiger partial charge in [-0.15, -0.1) is 24.8 Å². The van der Waals surface area contributed by atoms with Crippen molar-refractivity contribution in [1.29, 1.82) is 0 Å². The molecule has 0 aliphatic rings. The predicted molar refractivity (Wildman–Crippen MR) is 127 cm³/mol. The molecule has 0 saturated heterocycles. The van der Waals surface area contributed by atoms with Gasteiger partial charge in [0.2, 0.25) is 5.95 Å². The summed E-state index contributed by atoms with van der Waals surface area (Å²) in [5.74, 6) is 2.04. The number of nitrogens with one attached hydrogen (secondary N) is 3. The Morgan fingerprint density at radius 2 is 1.71 bits per heavy atom. The number of anilines is 4. The van der Waals surface area contributed by atoms with E-state index in [0.29, 0.717) is 23.4 Å². The molecule has 3 rings (SSSR count). The van der Waals surface area contributed by atoms with Crippen molar-refractivity contribution in [3.63, 3.8) is 0 Å². The SMILES string of the molecule is CC(Nc1nc(NCCN(C)C)cc(Nc2cnccn2)n1)c1ccc(F)cc1.Cl.Cl. The average molecular weight is 469 g/mol. The second kappa shape index (κ2) is 12.8. The summed E-state index contributed by atoms with van der Waals surface area (Å²) in [5, 5.41) is 9.72. The molecule has 168 valence electrons. The molecule has 1 aromatic carbocycles. The number of rotatable bonds is 9. The fourth-order valence-electron chi connectivity index (χ4n) is 2.60. The van der Waals surface area contributed by atoms with Gasteiger partial charge >= 0.3 is 0 Å². The maximum absolute atomic E-state index is 13.2. The first-order chi connectivity index (χ1) is 14.0. The van der Waals surface area contributed by atoms with E-state index >= 15 is 0 Å². The third-order valence-electron chi connectivity index (χ3n) is 4.13. The fraction of sp³-hybridized carbons (Fsp3) is 0.300. The van der Waals surface area contributed by atoms with Crippen LogP contribution in [-0.2, 0) is 0 Å². The molecular formula is C20H27Cl2FN8. The second-order valence-electron chi connectivity index (χ2n) is 6.83. The summed E-state index contributed by atoms with van der Waals surface area (Å²) in [6.45, 7) is 3.58. The maximum atomic E-state index is 13.2. The van der Waals surface area contributed by atoms with Gasteiger partial charge in [-0.1, -0.05) is 12.1 Å². The lowest BCUT2D eigenvalue weighted by Gasteiger charge is -2.17. The molecule has 3 aromatic rings. The lowest BCUT2D eigenvalue weighted by atomic mass is 10.1. The zero-order valence-electron chi connectivity index (χ0n) is 17.5. The van der Waals surface area contributed by atoms with Crippen LogP contribution >= 0.6 is 24.8 Å². The monoisotopic (exact) mass is 468 g/mol. The molecule has 2 aromatic heterocycles. The molecule has 0 saturated carbocycles. The third-order valence-corrected chi connectivity index (χ3v) is 4.13. The molecule has 0 aliphatic carbocycles. The first-order valence-electron chi connectivity index (χ1n) is 9.32. The van der Waals surface area contributed by atoms with E-state index in [9.17, 15) is 4.39 Å². The summed E-state index contributed by atoms with van der Waals surface area (Å²) in [7, 11) is 4.03. The lowest BCUT2D eigenvalue weighted by molar-refractivity contribution is 0.425. The molecule has 1 atom stereocenters. The molecule has 0 aliphatic heterocycles. The van der Waals surface area contributed by atoms with E-state index in [4.69, 9.17) is 0 Å². The maximum Gasteiger partial charge on any atom is 0.227 e. The van der Waals surface area contributed by atoms with Crippen LogP contribution in [0.15, 0.2) is 48.9 Å². The minimum absolute atomic E-state index is 0. The average Bonchev–Trinajstić information content (AvgIpc) is 2.69. The summed E-state index contributed by atoms with van der Waals surface area (Å²) in [6.07, 6.45) is 4.84. The van der Waals surface area contributed by atoms with Crippen LogP contribution in [0.2, 0.25) is 0 Å². The first kappa shape index (κ1) is 26.3. The van der Waals surface area contributed by atoms with Gasteiger partial charge in [-0.3, -0.25) is 4.98 Å². The first-order valence-corrected chi connectivity index (χ1v) is 9.32. The number of halogens is 3. The van der Waals surface area contributed by atoms with Gasteiger partial charge in [0.15, 0.2) is 0 Å². The molecule has 0 bridgehead atoms. The molecule has 2 heterocycles. The number of likely N-dealkylation sites (N-methyl/N-ethyl adjacent to an activating group) is 1. The minimum atomic E-state index is -0.264. The Kier molecular flexibility index (Phi) is 10.9. The number of benzene rings is 1. The van der Waals surface area contributed by atoms with Gasteiger partial charge in [-0.25, -0.2) is 9.37 Å². The second-order valence-corrected chi connectivity index (χ2v) is 6.83. The van der Waals surface area contributed by atoms with Crippen molar-refractivity contribution in [1.82, 2.24) is 24.8 Å². The fourth-order valence-corrected chi connectivity index (χ4v) is 2.60. The van der Waals surface area contributed by atoms with Gasteiger partial charge in [0.25, 0.3) is 0 Å². The number of hydrogen-bond donors (Lipinski definition) is 3. The third kappa shape index (κ3) is 8.49. The van der Waals surface area contributed by atoms with Crippen LogP contribution in [-0.4, -0.2) is 52.0 Å². The van der Waals surface area contributed by atoms with Crippen molar-refractivity contribution < 1.29 is 4.39 Å². The van der Waals surface area contributed by atoms with Crippen LogP contribution in [0.5, 0.6) is 0 Å². The Morgan fingerprint density at radius 3 is 2.35 bits per heavy atom. The van der Waals surface area contributed by atoms with Crippen LogP contribution in [0.4, 0.5) is 27.8 Å². The Bertz CT molecular complexity index is 913. The lowest BCUT2D eigenvalue weighted by Crippen LogP contribution is -2.21. The molecule has 8 nitrogen and oxygen atoms in total. The summed E-state index contributed by atoms with van der Waals surface area (Å²) >= 11 is 0. The summed E-state index contributed by atoms with van der Waals surface area (Å²) in [6, 6.07) is 8.08. The zero-order chi connectivity index (χ0) is 20.6. The molecule has 3 N–H and O–H groups in total. The highest BCUT2D eigenvalue weighted by Gasteiger charge is 2.11. The van der Waals surface area contributed by atoms with Crippen molar-refractivity contribution in [2.24, 2.45) is 0 Å². The zero-order valence-corrected chi connectivity index (χ0v) is 19.2. The van der Waals surface area contributed by atoms with Crippen LogP contribution in [0, 0.1) is 5.82 Å². The molecule has 0 amide bonds. The van der Waals surface area contributed by atoms with Gasteiger partial charge in [-0.05, 0) is 38.7 Å². The van der Waals surface area contributed by atoms with Crippen LogP contribution in [0.1, 0.15) is 18.5 Å².